The van der Waals surface area contributed by atoms with Crippen LogP contribution in [-0.2, 0) is 32.7 Å². The van der Waals surface area contributed by atoms with E-state index < -0.39 is 26.5 Å². The maximum Gasteiger partial charge on any atom is 0.472 e. The van der Waals surface area contributed by atoms with E-state index in [1.165, 1.54) is 128 Å². The van der Waals surface area contributed by atoms with Crippen LogP contribution in [0.2, 0.25) is 0 Å². The summed E-state index contributed by atoms with van der Waals surface area (Å²) in [5.74, 6) is -0.827. The third-order valence-corrected chi connectivity index (χ3v) is 12.1. The molecule has 368 valence electrons. The Morgan fingerprint density at radius 1 is 0.492 bits per heavy atom. The van der Waals surface area contributed by atoms with Gasteiger partial charge in [-0.25, -0.2) is 4.57 Å². The number of phosphoric acid groups is 1. The van der Waals surface area contributed by atoms with Crippen LogP contribution in [-0.4, -0.2) is 74.9 Å². The maximum atomic E-state index is 12.7. The highest BCUT2D eigenvalue weighted by Crippen LogP contribution is 2.43. The van der Waals surface area contributed by atoms with Gasteiger partial charge < -0.3 is 18.9 Å². The highest BCUT2D eigenvalue weighted by atomic mass is 31.2. The van der Waals surface area contributed by atoms with Gasteiger partial charge in [0, 0.05) is 12.8 Å². The topological polar surface area (TPSA) is 108 Å². The summed E-state index contributed by atoms with van der Waals surface area (Å²) < 4.78 is 34.4. The van der Waals surface area contributed by atoms with Crippen LogP contribution in [0.3, 0.4) is 0 Å². The fraction of sp³-hybridized carbons (Fsp3) is 0.811. The molecule has 0 amide bonds. The van der Waals surface area contributed by atoms with Gasteiger partial charge in [0.1, 0.15) is 19.8 Å². The second-order valence-corrected chi connectivity index (χ2v) is 20.0. The van der Waals surface area contributed by atoms with E-state index in [0.717, 1.165) is 64.2 Å². The molecule has 2 atom stereocenters. The second kappa shape index (κ2) is 45.1. The van der Waals surface area contributed by atoms with Crippen LogP contribution >= 0.6 is 7.82 Å². The summed E-state index contributed by atoms with van der Waals surface area (Å²) in [6.07, 6.45) is 54.6. The monoisotopic (exact) mass is 909 g/mol. The summed E-state index contributed by atoms with van der Waals surface area (Å²) in [6, 6.07) is 0. The fourth-order valence-electron chi connectivity index (χ4n) is 7.07. The van der Waals surface area contributed by atoms with E-state index in [1.807, 2.05) is 21.1 Å². The van der Waals surface area contributed by atoms with E-state index in [4.69, 9.17) is 18.5 Å². The molecular formula is C53H99NO8P+. The molecule has 0 radical (unpaired) electrons. The summed E-state index contributed by atoms with van der Waals surface area (Å²) in [7, 11) is 1.46. The highest BCUT2D eigenvalue weighted by Gasteiger charge is 2.27. The molecule has 63 heavy (non-hydrogen) atoms. The first-order valence-corrected chi connectivity index (χ1v) is 27.4. The number of hydrogen-bond acceptors (Lipinski definition) is 7. The van der Waals surface area contributed by atoms with Gasteiger partial charge in [0.05, 0.1) is 27.7 Å². The van der Waals surface area contributed by atoms with Gasteiger partial charge in [-0.3, -0.25) is 18.6 Å². The summed E-state index contributed by atoms with van der Waals surface area (Å²) in [6.45, 7) is 4.35. The highest BCUT2D eigenvalue weighted by molar-refractivity contribution is 7.47. The molecule has 0 bridgehead atoms. The molecule has 1 N–H and O–H groups in total. The number of nitrogens with zero attached hydrogens (tertiary/aromatic N) is 1. The van der Waals surface area contributed by atoms with Crippen molar-refractivity contribution in [2.45, 2.75) is 232 Å². The molecule has 0 spiro atoms. The van der Waals surface area contributed by atoms with Gasteiger partial charge in [0.25, 0.3) is 0 Å². The number of allylic oxidation sites excluding steroid dienone is 8. The summed E-state index contributed by atoms with van der Waals surface area (Å²) in [4.78, 5) is 35.5. The Morgan fingerprint density at radius 2 is 0.889 bits per heavy atom. The predicted molar refractivity (Wildman–Crippen MR) is 266 cm³/mol. The first kappa shape index (κ1) is 61.0. The van der Waals surface area contributed by atoms with Crippen molar-refractivity contribution in [1.82, 2.24) is 0 Å². The molecule has 0 aromatic heterocycles. The molecule has 0 heterocycles. The fourth-order valence-corrected chi connectivity index (χ4v) is 7.81. The number of ether oxygens (including phenoxy) is 2. The lowest BCUT2D eigenvalue weighted by molar-refractivity contribution is -0.870. The summed E-state index contributed by atoms with van der Waals surface area (Å²) in [5.41, 5.74) is 0. The quantitative estimate of drug-likeness (QED) is 0.0211. The van der Waals surface area contributed by atoms with Crippen molar-refractivity contribution in [3.05, 3.63) is 48.6 Å². The van der Waals surface area contributed by atoms with Gasteiger partial charge in [0.15, 0.2) is 6.10 Å². The van der Waals surface area contributed by atoms with Crippen molar-refractivity contribution in [2.24, 2.45) is 0 Å². The molecule has 0 aliphatic heterocycles. The van der Waals surface area contributed by atoms with Crippen LogP contribution in [0.25, 0.3) is 0 Å². The summed E-state index contributed by atoms with van der Waals surface area (Å²) in [5, 5.41) is 0. The molecule has 0 aromatic rings. The number of rotatable bonds is 47. The lowest BCUT2D eigenvalue weighted by Crippen LogP contribution is -2.37. The second-order valence-electron chi connectivity index (χ2n) is 18.6. The zero-order valence-electron chi connectivity index (χ0n) is 41.6. The van der Waals surface area contributed by atoms with Gasteiger partial charge in [-0.05, 0) is 51.4 Å². The van der Waals surface area contributed by atoms with Gasteiger partial charge in [0.2, 0.25) is 0 Å². The Morgan fingerprint density at radius 3 is 1.33 bits per heavy atom. The van der Waals surface area contributed by atoms with Crippen molar-refractivity contribution in [3.63, 3.8) is 0 Å². The molecular weight excluding hydrogens is 810 g/mol. The summed E-state index contributed by atoms with van der Waals surface area (Å²) >= 11 is 0. The zero-order chi connectivity index (χ0) is 46.4. The molecule has 0 aromatic carbocycles. The Balaban J connectivity index is 4.25. The zero-order valence-corrected chi connectivity index (χ0v) is 42.5. The number of hydrogen-bond donors (Lipinski definition) is 1. The van der Waals surface area contributed by atoms with Crippen molar-refractivity contribution in [2.75, 3.05) is 47.5 Å². The van der Waals surface area contributed by atoms with Crippen molar-refractivity contribution >= 4 is 19.8 Å². The Hall–Kier alpha value is -2.03. The molecule has 10 heteroatoms. The van der Waals surface area contributed by atoms with Crippen LogP contribution in [0.4, 0.5) is 0 Å². The average molecular weight is 909 g/mol. The first-order chi connectivity index (χ1) is 30.5. The SMILES string of the molecule is CCC/C=C/C/C=C/C/C=C/C/C=C/CCCCCC(=O)O[C@H](COC(=O)CCCCCCCCCCCCCCCCCCCCCCCC)COP(=O)(O)OCC[N+](C)(C)C. The van der Waals surface area contributed by atoms with Crippen LogP contribution in [0.1, 0.15) is 226 Å². The number of carbonyl (C=O) groups excluding carboxylic acids is 2. The lowest BCUT2D eigenvalue weighted by atomic mass is 10.0. The number of likely N-dealkylation sites (N-methyl/N-ethyl adjacent to an activating group) is 1. The van der Waals surface area contributed by atoms with Crippen molar-refractivity contribution in [3.8, 4) is 0 Å². The van der Waals surface area contributed by atoms with E-state index in [0.29, 0.717) is 17.4 Å². The van der Waals surface area contributed by atoms with E-state index in [9.17, 15) is 19.0 Å². The van der Waals surface area contributed by atoms with E-state index in [1.54, 1.807) is 0 Å². The van der Waals surface area contributed by atoms with Crippen LogP contribution < -0.4 is 0 Å². The standard InChI is InChI=1S/C53H98NO8P/c1-6-8-10-12-14-16-18-20-22-24-25-26-27-28-30-31-33-35-37-39-41-43-45-52(55)59-49-51(50-61-63(57,58)60-48-47-54(3,4)5)62-53(56)46-44-42-40-38-36-34-32-29-23-21-19-17-15-13-11-9-7-2/h11,13,17,19,23,29,34,36,51H,6-10,12,14-16,18,20-22,24-28,30-33,35,37-50H2,1-5H3/p+1/b13-11+,19-17+,29-23+,36-34+/t51-/m1/s1. The molecule has 9 nitrogen and oxygen atoms in total. The molecule has 0 aliphatic rings. The first-order valence-electron chi connectivity index (χ1n) is 25.9. The smallest absolute Gasteiger partial charge is 0.462 e. The average Bonchev–Trinajstić information content (AvgIpc) is 3.24. The third-order valence-electron chi connectivity index (χ3n) is 11.1. The van der Waals surface area contributed by atoms with Gasteiger partial charge in [-0.1, -0.05) is 210 Å². The molecule has 0 aliphatic carbocycles. The number of unbranched alkanes of at least 4 members (excludes halogenated alkanes) is 25. The van der Waals surface area contributed by atoms with Gasteiger partial charge in [-0.15, -0.1) is 0 Å². The van der Waals surface area contributed by atoms with Crippen LogP contribution in [0, 0.1) is 0 Å². The van der Waals surface area contributed by atoms with Crippen molar-refractivity contribution in [1.29, 1.82) is 0 Å². The largest absolute Gasteiger partial charge is 0.472 e. The Kier molecular flexibility index (Phi) is 43.7. The number of carbonyl (C=O) groups is 2. The van der Waals surface area contributed by atoms with Crippen LogP contribution in [0.5, 0.6) is 0 Å². The minimum atomic E-state index is -4.39. The third kappa shape index (κ3) is 49.2. The predicted octanol–water partition coefficient (Wildman–Crippen LogP) is 15.4. The minimum Gasteiger partial charge on any atom is -0.462 e. The van der Waals surface area contributed by atoms with Gasteiger partial charge >= 0.3 is 19.8 Å². The molecule has 1 unspecified atom stereocenters. The van der Waals surface area contributed by atoms with E-state index in [-0.39, 0.29) is 32.0 Å². The maximum absolute atomic E-state index is 12.7. The molecule has 0 saturated heterocycles. The molecule has 0 rings (SSSR count). The van der Waals surface area contributed by atoms with Crippen molar-refractivity contribution < 1.29 is 42.1 Å². The normalized spacial score (nSPS) is 13.8. The number of esters is 2. The van der Waals surface area contributed by atoms with E-state index in [2.05, 4.69) is 62.5 Å². The Labute approximate surface area is 388 Å². The van der Waals surface area contributed by atoms with Crippen LogP contribution in [0.15, 0.2) is 48.6 Å². The lowest BCUT2D eigenvalue weighted by Gasteiger charge is -2.24. The molecule has 0 saturated carbocycles. The Bertz CT molecular complexity index is 1210. The number of phosphoric ester groups is 1. The minimum absolute atomic E-state index is 0.0250. The molecule has 0 fully saturated rings. The van der Waals surface area contributed by atoms with Gasteiger partial charge in [-0.2, -0.15) is 0 Å². The number of quaternary nitrogens is 1. The van der Waals surface area contributed by atoms with E-state index >= 15 is 0 Å².